The lowest BCUT2D eigenvalue weighted by Gasteiger charge is -2.33. The minimum Gasteiger partial charge on any atom is -0.496 e. The fourth-order valence-electron chi connectivity index (χ4n) is 3.28. The first-order valence-electron chi connectivity index (χ1n) is 6.71. The Morgan fingerprint density at radius 3 is 2.70 bits per heavy atom. The van der Waals surface area contributed by atoms with Gasteiger partial charge in [-0.2, -0.15) is 0 Å². The maximum Gasteiger partial charge on any atom is 0.171 e. The molecule has 0 radical (unpaired) electrons. The number of halogens is 1. The van der Waals surface area contributed by atoms with E-state index >= 15 is 0 Å². The predicted octanol–water partition coefficient (Wildman–Crippen LogP) is 2.71. The third-order valence-electron chi connectivity index (χ3n) is 4.20. The first-order valence-corrected chi connectivity index (χ1v) is 6.71. The summed E-state index contributed by atoms with van der Waals surface area (Å²) in [5.74, 6) is 0.359. The van der Waals surface area contributed by atoms with Gasteiger partial charge >= 0.3 is 0 Å². The van der Waals surface area contributed by atoms with Crippen molar-refractivity contribution in [3.8, 4) is 11.5 Å². The van der Waals surface area contributed by atoms with E-state index in [-0.39, 0.29) is 24.6 Å². The molecule has 0 amide bonds. The fourth-order valence-corrected chi connectivity index (χ4v) is 3.28. The van der Waals surface area contributed by atoms with Crippen LogP contribution < -0.4 is 9.47 Å². The summed E-state index contributed by atoms with van der Waals surface area (Å²) in [6, 6.07) is 1.53. The lowest BCUT2D eigenvalue weighted by atomic mass is 9.78. The zero-order valence-corrected chi connectivity index (χ0v) is 11.6. The zero-order valence-electron chi connectivity index (χ0n) is 11.6. The molecule has 1 aromatic rings. The molecule has 1 saturated carbocycles. The van der Waals surface area contributed by atoms with Gasteiger partial charge in [0.25, 0.3) is 0 Å². The van der Waals surface area contributed by atoms with Crippen molar-refractivity contribution in [1.29, 1.82) is 0 Å². The highest BCUT2D eigenvalue weighted by Gasteiger charge is 2.47. The molecule has 1 atom stereocenters. The van der Waals surface area contributed by atoms with Crippen LogP contribution in [0.3, 0.4) is 0 Å². The summed E-state index contributed by atoms with van der Waals surface area (Å²) < 4.78 is 30.9. The Morgan fingerprint density at radius 1 is 1.30 bits per heavy atom. The van der Waals surface area contributed by atoms with Crippen molar-refractivity contribution >= 4 is 5.78 Å². The quantitative estimate of drug-likeness (QED) is 0.835. The largest absolute Gasteiger partial charge is 0.496 e. The van der Waals surface area contributed by atoms with Crippen LogP contribution in [0.4, 0.5) is 4.39 Å². The Balaban J connectivity index is 2.18. The second kappa shape index (κ2) is 4.74. The van der Waals surface area contributed by atoms with Crippen LogP contribution in [0.15, 0.2) is 6.07 Å². The van der Waals surface area contributed by atoms with E-state index in [1.165, 1.54) is 20.3 Å². The summed E-state index contributed by atoms with van der Waals surface area (Å²) in [6.45, 7) is 0.271. The summed E-state index contributed by atoms with van der Waals surface area (Å²) in [5, 5.41) is 0. The number of fused-ring (bicyclic) bond motifs is 2. The van der Waals surface area contributed by atoms with Gasteiger partial charge in [-0.15, -0.1) is 0 Å². The molecule has 0 bridgehead atoms. The van der Waals surface area contributed by atoms with E-state index in [1.54, 1.807) is 0 Å². The van der Waals surface area contributed by atoms with Gasteiger partial charge in [0, 0.05) is 30.0 Å². The van der Waals surface area contributed by atoms with Crippen molar-refractivity contribution in [3.63, 3.8) is 0 Å². The van der Waals surface area contributed by atoms with Gasteiger partial charge in [-0.3, -0.25) is 4.79 Å². The minimum absolute atomic E-state index is 0.116. The molecule has 4 nitrogen and oxygen atoms in total. The number of hydrogen-bond donors (Lipinski definition) is 0. The van der Waals surface area contributed by atoms with Crippen molar-refractivity contribution in [2.45, 2.75) is 37.9 Å². The van der Waals surface area contributed by atoms with E-state index in [4.69, 9.17) is 14.2 Å². The van der Waals surface area contributed by atoms with E-state index in [0.29, 0.717) is 29.7 Å². The second-order valence-electron chi connectivity index (χ2n) is 5.30. The molecule has 1 fully saturated rings. The van der Waals surface area contributed by atoms with Gasteiger partial charge in [0.15, 0.2) is 11.6 Å². The number of ether oxygens (including phenoxy) is 3. The number of rotatable bonds is 2. The number of Topliss-reactive ketones (excluding diaryl/α,β-unsaturated/α-hetero) is 1. The maximum absolute atomic E-state index is 14.7. The molecule has 5 heteroatoms. The molecule has 0 aromatic heterocycles. The highest BCUT2D eigenvalue weighted by molar-refractivity contribution is 5.81. The Morgan fingerprint density at radius 2 is 2.05 bits per heavy atom. The summed E-state index contributed by atoms with van der Waals surface area (Å²) in [4.78, 5) is 11.8. The number of carbonyl (C=O) groups excluding carboxylic acids is 1. The van der Waals surface area contributed by atoms with E-state index in [0.717, 1.165) is 6.42 Å². The number of carbonyl (C=O) groups is 1. The van der Waals surface area contributed by atoms with Crippen molar-refractivity contribution < 1.29 is 23.4 Å². The average Bonchev–Trinajstić information content (AvgIpc) is 2.79. The van der Waals surface area contributed by atoms with Crippen LogP contribution in [0.5, 0.6) is 11.5 Å². The standard InChI is InChI=1S/C15H17FO4/c1-18-11-6-12(19-2)14(16)13-10(11)8-20-15(13)5-3-4-9(17)7-15/h6H,3-5,7-8H2,1-2H3. The van der Waals surface area contributed by atoms with E-state index in [1.807, 2.05) is 0 Å². The molecule has 0 saturated heterocycles. The van der Waals surface area contributed by atoms with Crippen LogP contribution in [0.1, 0.15) is 36.8 Å². The van der Waals surface area contributed by atoms with Crippen molar-refractivity contribution in [2.75, 3.05) is 14.2 Å². The molecule has 1 aliphatic carbocycles. The topological polar surface area (TPSA) is 44.8 Å². The third kappa shape index (κ3) is 1.80. The van der Waals surface area contributed by atoms with Crippen molar-refractivity contribution in [2.24, 2.45) is 0 Å². The van der Waals surface area contributed by atoms with E-state index in [2.05, 4.69) is 0 Å². The minimum atomic E-state index is -0.837. The Labute approximate surface area is 116 Å². The van der Waals surface area contributed by atoms with Crippen LogP contribution in [0, 0.1) is 5.82 Å². The molecule has 108 valence electrons. The van der Waals surface area contributed by atoms with Gasteiger partial charge in [0.2, 0.25) is 0 Å². The monoisotopic (exact) mass is 280 g/mol. The van der Waals surface area contributed by atoms with Crippen LogP contribution in [0.25, 0.3) is 0 Å². The van der Waals surface area contributed by atoms with Crippen LogP contribution in [0.2, 0.25) is 0 Å². The molecular formula is C15H17FO4. The fraction of sp³-hybridized carbons (Fsp3) is 0.533. The molecule has 3 rings (SSSR count). The highest BCUT2D eigenvalue weighted by atomic mass is 19.1. The number of benzene rings is 1. The predicted molar refractivity (Wildman–Crippen MR) is 69.4 cm³/mol. The third-order valence-corrected chi connectivity index (χ3v) is 4.20. The number of hydrogen-bond acceptors (Lipinski definition) is 4. The van der Waals surface area contributed by atoms with Crippen molar-refractivity contribution in [1.82, 2.24) is 0 Å². The van der Waals surface area contributed by atoms with Gasteiger partial charge in [-0.05, 0) is 12.8 Å². The Bertz CT molecular complexity index is 569. The number of methoxy groups -OCH3 is 2. The molecule has 1 aliphatic heterocycles. The van der Waals surface area contributed by atoms with Gasteiger partial charge in [0.1, 0.15) is 17.1 Å². The average molecular weight is 280 g/mol. The van der Waals surface area contributed by atoms with Crippen LogP contribution in [-0.4, -0.2) is 20.0 Å². The van der Waals surface area contributed by atoms with Crippen LogP contribution >= 0.6 is 0 Å². The van der Waals surface area contributed by atoms with E-state index < -0.39 is 11.4 Å². The number of ketones is 1. The van der Waals surface area contributed by atoms with Gasteiger partial charge in [0.05, 0.1) is 20.8 Å². The SMILES string of the molecule is COc1cc(OC)c2c(c1F)C1(CCCC(=O)C1)OC2. The summed E-state index contributed by atoms with van der Waals surface area (Å²) in [7, 11) is 2.95. The van der Waals surface area contributed by atoms with Gasteiger partial charge in [-0.1, -0.05) is 0 Å². The summed E-state index contributed by atoms with van der Waals surface area (Å²) in [5.41, 5.74) is 0.304. The first kappa shape index (κ1) is 13.4. The first-order chi connectivity index (χ1) is 9.61. The molecule has 1 spiro atoms. The molecule has 2 aliphatic rings. The molecule has 0 N–H and O–H groups in total. The zero-order chi connectivity index (χ0) is 14.3. The second-order valence-corrected chi connectivity index (χ2v) is 5.30. The lowest BCUT2D eigenvalue weighted by molar-refractivity contribution is -0.133. The Kier molecular flexibility index (Phi) is 3.17. The molecule has 1 heterocycles. The maximum atomic E-state index is 14.7. The summed E-state index contributed by atoms with van der Waals surface area (Å²) >= 11 is 0. The lowest BCUT2D eigenvalue weighted by Crippen LogP contribution is -2.33. The molecular weight excluding hydrogens is 263 g/mol. The van der Waals surface area contributed by atoms with E-state index in [9.17, 15) is 9.18 Å². The van der Waals surface area contributed by atoms with Crippen LogP contribution in [-0.2, 0) is 21.7 Å². The summed E-state index contributed by atoms with van der Waals surface area (Å²) in [6.07, 6.45) is 2.15. The van der Waals surface area contributed by atoms with Crippen molar-refractivity contribution in [3.05, 3.63) is 23.0 Å². The highest BCUT2D eigenvalue weighted by Crippen LogP contribution is 2.51. The molecule has 20 heavy (non-hydrogen) atoms. The molecule has 1 aromatic carbocycles. The van der Waals surface area contributed by atoms with Gasteiger partial charge in [-0.25, -0.2) is 4.39 Å². The normalized spacial score (nSPS) is 24.9. The molecule has 1 unspecified atom stereocenters. The van der Waals surface area contributed by atoms with Gasteiger partial charge < -0.3 is 14.2 Å². The Hall–Kier alpha value is -1.62. The smallest absolute Gasteiger partial charge is 0.171 e.